The van der Waals surface area contributed by atoms with E-state index in [9.17, 15) is 0 Å². The molecular formula is C15H32N2. The van der Waals surface area contributed by atoms with E-state index >= 15 is 0 Å². The number of rotatable bonds is 0. The summed E-state index contributed by atoms with van der Waals surface area (Å²) in [6, 6.07) is 0. The summed E-state index contributed by atoms with van der Waals surface area (Å²) in [5.41, 5.74) is 11.9. The maximum absolute atomic E-state index is 6.14. The third-order valence-electron chi connectivity index (χ3n) is 4.03. The van der Waals surface area contributed by atoms with Crippen LogP contribution in [0.15, 0.2) is 0 Å². The molecule has 4 N–H and O–H groups in total. The fourth-order valence-corrected chi connectivity index (χ4v) is 2.80. The van der Waals surface area contributed by atoms with Crippen molar-refractivity contribution in [3.63, 3.8) is 0 Å². The lowest BCUT2D eigenvalue weighted by molar-refractivity contribution is 0.346. The van der Waals surface area contributed by atoms with Gasteiger partial charge in [-0.05, 0) is 12.8 Å². The number of hydrogen-bond donors (Lipinski definition) is 2. The highest BCUT2D eigenvalue weighted by Gasteiger charge is 2.17. The van der Waals surface area contributed by atoms with Crippen LogP contribution in [0.2, 0.25) is 0 Å². The van der Waals surface area contributed by atoms with Gasteiger partial charge in [-0.1, -0.05) is 77.0 Å². The summed E-state index contributed by atoms with van der Waals surface area (Å²) in [6.07, 6.45) is 18.4. The highest BCUT2D eigenvalue weighted by Crippen LogP contribution is 2.18. The minimum Gasteiger partial charge on any atom is -0.313 e. The molecule has 0 aromatic carbocycles. The Balaban J connectivity index is 2.22. The van der Waals surface area contributed by atoms with Crippen molar-refractivity contribution in [3.05, 3.63) is 0 Å². The summed E-state index contributed by atoms with van der Waals surface area (Å²) in [5.74, 6) is 0. The van der Waals surface area contributed by atoms with E-state index in [4.69, 9.17) is 11.5 Å². The van der Waals surface area contributed by atoms with E-state index in [0.717, 1.165) is 12.8 Å². The van der Waals surface area contributed by atoms with E-state index in [1.54, 1.807) is 0 Å². The molecule has 1 rings (SSSR count). The second kappa shape index (κ2) is 8.93. The monoisotopic (exact) mass is 240 g/mol. The van der Waals surface area contributed by atoms with Crippen LogP contribution in [0.5, 0.6) is 0 Å². The molecule has 0 amide bonds. The normalized spacial score (nSPS) is 25.8. The summed E-state index contributed by atoms with van der Waals surface area (Å²) in [5, 5.41) is 0. The van der Waals surface area contributed by atoms with Crippen LogP contribution in [-0.4, -0.2) is 5.66 Å². The van der Waals surface area contributed by atoms with Gasteiger partial charge < -0.3 is 11.5 Å². The van der Waals surface area contributed by atoms with Gasteiger partial charge in [0.05, 0.1) is 5.66 Å². The molecule has 2 nitrogen and oxygen atoms in total. The lowest BCUT2D eigenvalue weighted by atomic mass is 9.96. The van der Waals surface area contributed by atoms with Gasteiger partial charge in [-0.2, -0.15) is 0 Å². The zero-order valence-electron chi connectivity index (χ0n) is 11.6. The lowest BCUT2D eigenvalue weighted by Crippen LogP contribution is -2.49. The van der Waals surface area contributed by atoms with Gasteiger partial charge in [0.1, 0.15) is 0 Å². The van der Waals surface area contributed by atoms with Crippen LogP contribution in [0, 0.1) is 0 Å². The van der Waals surface area contributed by atoms with Gasteiger partial charge in [0.15, 0.2) is 0 Å². The molecule has 1 aliphatic rings. The van der Waals surface area contributed by atoms with E-state index in [2.05, 4.69) is 0 Å². The first-order chi connectivity index (χ1) is 8.21. The Hall–Kier alpha value is -0.0800. The zero-order chi connectivity index (χ0) is 12.4. The van der Waals surface area contributed by atoms with E-state index in [1.165, 1.54) is 77.0 Å². The second-order valence-corrected chi connectivity index (χ2v) is 5.98. The summed E-state index contributed by atoms with van der Waals surface area (Å²) in [7, 11) is 0. The average Bonchev–Trinajstić information content (AvgIpc) is 2.29. The van der Waals surface area contributed by atoms with Crippen molar-refractivity contribution in [2.24, 2.45) is 11.5 Å². The van der Waals surface area contributed by atoms with Crippen molar-refractivity contribution in [2.75, 3.05) is 0 Å². The molecule has 0 aliphatic heterocycles. The quantitative estimate of drug-likeness (QED) is 0.627. The minimum atomic E-state index is -0.389. The molecule has 0 spiro atoms. The Morgan fingerprint density at radius 3 is 0.941 bits per heavy atom. The summed E-state index contributed by atoms with van der Waals surface area (Å²) in [6.45, 7) is 0. The molecule has 0 aromatic rings. The molecule has 0 unspecified atom stereocenters. The molecule has 17 heavy (non-hydrogen) atoms. The van der Waals surface area contributed by atoms with E-state index in [1.807, 2.05) is 0 Å². The van der Waals surface area contributed by atoms with Crippen molar-refractivity contribution in [2.45, 2.75) is 95.6 Å². The Bertz CT molecular complexity index is 160. The molecule has 0 saturated heterocycles. The molecule has 0 aromatic heterocycles. The van der Waals surface area contributed by atoms with Gasteiger partial charge in [-0.25, -0.2) is 0 Å². The van der Waals surface area contributed by atoms with Crippen LogP contribution >= 0.6 is 0 Å². The van der Waals surface area contributed by atoms with Crippen molar-refractivity contribution < 1.29 is 0 Å². The molecule has 1 fully saturated rings. The van der Waals surface area contributed by atoms with Crippen LogP contribution in [-0.2, 0) is 0 Å². The first-order valence-electron chi connectivity index (χ1n) is 7.78. The Morgan fingerprint density at radius 2 is 0.647 bits per heavy atom. The van der Waals surface area contributed by atoms with Gasteiger partial charge in [0.25, 0.3) is 0 Å². The third-order valence-corrected chi connectivity index (χ3v) is 4.03. The maximum atomic E-state index is 6.14. The topological polar surface area (TPSA) is 52.0 Å². The number of nitrogens with two attached hydrogens (primary N) is 2. The molecule has 2 heteroatoms. The Labute approximate surface area is 108 Å². The SMILES string of the molecule is NC1(N)CCCCCCCCCCCCCC1. The largest absolute Gasteiger partial charge is 0.313 e. The van der Waals surface area contributed by atoms with E-state index in [-0.39, 0.29) is 5.66 Å². The van der Waals surface area contributed by atoms with Crippen molar-refractivity contribution in [3.8, 4) is 0 Å². The van der Waals surface area contributed by atoms with Crippen LogP contribution < -0.4 is 11.5 Å². The van der Waals surface area contributed by atoms with Crippen LogP contribution in [0.1, 0.15) is 89.9 Å². The predicted molar refractivity (Wildman–Crippen MR) is 75.7 cm³/mol. The standard InChI is InChI=1S/C15H32N2/c16-15(17)13-11-9-7-5-3-1-2-4-6-8-10-12-14-15/h1-14,16-17H2. The molecule has 1 saturated carbocycles. The van der Waals surface area contributed by atoms with Gasteiger partial charge in [-0.3, -0.25) is 0 Å². The van der Waals surface area contributed by atoms with Crippen molar-refractivity contribution in [1.29, 1.82) is 0 Å². The van der Waals surface area contributed by atoms with Crippen LogP contribution in [0.3, 0.4) is 0 Å². The molecule has 1 aliphatic carbocycles. The van der Waals surface area contributed by atoms with Crippen LogP contribution in [0.4, 0.5) is 0 Å². The Morgan fingerprint density at radius 1 is 0.412 bits per heavy atom. The first-order valence-corrected chi connectivity index (χ1v) is 7.78. The van der Waals surface area contributed by atoms with Gasteiger partial charge >= 0.3 is 0 Å². The fourth-order valence-electron chi connectivity index (χ4n) is 2.80. The molecule has 0 heterocycles. The minimum absolute atomic E-state index is 0.389. The van der Waals surface area contributed by atoms with Gasteiger partial charge in [0.2, 0.25) is 0 Å². The molecule has 0 bridgehead atoms. The summed E-state index contributed by atoms with van der Waals surface area (Å²) < 4.78 is 0. The smallest absolute Gasteiger partial charge is 0.0636 e. The average molecular weight is 240 g/mol. The maximum Gasteiger partial charge on any atom is 0.0636 e. The fraction of sp³-hybridized carbons (Fsp3) is 1.00. The molecule has 0 atom stereocenters. The lowest BCUT2D eigenvalue weighted by Gasteiger charge is -2.24. The summed E-state index contributed by atoms with van der Waals surface area (Å²) >= 11 is 0. The molecular weight excluding hydrogens is 208 g/mol. The van der Waals surface area contributed by atoms with Crippen molar-refractivity contribution in [1.82, 2.24) is 0 Å². The van der Waals surface area contributed by atoms with E-state index in [0.29, 0.717) is 0 Å². The van der Waals surface area contributed by atoms with E-state index < -0.39 is 0 Å². The highest BCUT2D eigenvalue weighted by atomic mass is 14.9. The first kappa shape index (κ1) is 15.0. The highest BCUT2D eigenvalue weighted by molar-refractivity contribution is 4.76. The van der Waals surface area contributed by atoms with Crippen molar-refractivity contribution >= 4 is 0 Å². The predicted octanol–water partition coefficient (Wildman–Crippen LogP) is 4.08. The second-order valence-electron chi connectivity index (χ2n) is 5.98. The molecule has 102 valence electrons. The van der Waals surface area contributed by atoms with Gasteiger partial charge in [-0.15, -0.1) is 0 Å². The molecule has 0 radical (unpaired) electrons. The van der Waals surface area contributed by atoms with Gasteiger partial charge in [0, 0.05) is 0 Å². The summed E-state index contributed by atoms with van der Waals surface area (Å²) in [4.78, 5) is 0. The number of hydrogen-bond acceptors (Lipinski definition) is 2. The van der Waals surface area contributed by atoms with Crippen LogP contribution in [0.25, 0.3) is 0 Å². The zero-order valence-corrected chi connectivity index (χ0v) is 11.6. The third kappa shape index (κ3) is 8.62. The Kier molecular flexibility index (Phi) is 7.87.